The van der Waals surface area contributed by atoms with Crippen molar-refractivity contribution in [2.24, 2.45) is 0 Å². The Hall–Kier alpha value is -4.40. The molecule has 1 atom stereocenters. The number of imidazole rings is 1. The van der Waals surface area contributed by atoms with E-state index in [4.69, 9.17) is 4.74 Å². The largest absolute Gasteiger partial charge is 0.445 e. The monoisotopic (exact) mass is 524 g/mol. The van der Waals surface area contributed by atoms with Crippen molar-refractivity contribution in [2.45, 2.75) is 39.1 Å². The van der Waals surface area contributed by atoms with Crippen LogP contribution >= 0.6 is 0 Å². The summed E-state index contributed by atoms with van der Waals surface area (Å²) in [5, 5.41) is 0. The molecule has 0 radical (unpaired) electrons. The molecule has 0 unspecified atom stereocenters. The van der Waals surface area contributed by atoms with E-state index < -0.39 is 0 Å². The predicted molar refractivity (Wildman–Crippen MR) is 148 cm³/mol. The first-order chi connectivity index (χ1) is 19.1. The molecule has 200 valence electrons. The molecule has 2 aromatic heterocycles. The highest BCUT2D eigenvalue weighted by Gasteiger charge is 2.31. The van der Waals surface area contributed by atoms with Gasteiger partial charge in [-0.15, -0.1) is 0 Å². The van der Waals surface area contributed by atoms with E-state index in [-0.39, 0.29) is 31.2 Å². The number of carbonyl (C=O) groups is 2. The maximum Gasteiger partial charge on any atom is 0.410 e. The third-order valence-electron chi connectivity index (χ3n) is 7.68. The van der Waals surface area contributed by atoms with Crippen LogP contribution in [0.4, 0.5) is 10.5 Å². The van der Waals surface area contributed by atoms with Crippen LogP contribution in [0.5, 0.6) is 0 Å². The van der Waals surface area contributed by atoms with E-state index >= 15 is 0 Å². The maximum absolute atomic E-state index is 13.3. The van der Waals surface area contributed by atoms with Crippen LogP contribution in [-0.4, -0.2) is 68.6 Å². The van der Waals surface area contributed by atoms with Crippen LogP contribution in [0, 0.1) is 0 Å². The van der Waals surface area contributed by atoms with Crippen molar-refractivity contribution < 1.29 is 14.3 Å². The number of nitrogens with zero attached hydrogens (tertiary/aromatic N) is 6. The first-order valence-electron chi connectivity index (χ1n) is 13.4. The van der Waals surface area contributed by atoms with Crippen molar-refractivity contribution in [1.82, 2.24) is 24.3 Å². The number of amides is 2. The summed E-state index contributed by atoms with van der Waals surface area (Å²) in [6.07, 6.45) is 3.91. The lowest BCUT2D eigenvalue weighted by atomic mass is 9.97. The van der Waals surface area contributed by atoms with Gasteiger partial charge in [0.15, 0.2) is 5.65 Å². The normalized spacial score (nSPS) is 17.3. The second-order valence-corrected chi connectivity index (χ2v) is 10.2. The van der Waals surface area contributed by atoms with Crippen molar-refractivity contribution in [3.63, 3.8) is 0 Å². The Labute approximate surface area is 227 Å². The molecule has 9 heteroatoms. The molecule has 1 fully saturated rings. The molecule has 39 heavy (non-hydrogen) atoms. The predicted octanol–water partition coefficient (Wildman–Crippen LogP) is 3.86. The smallest absolute Gasteiger partial charge is 0.410 e. The topological polar surface area (TPSA) is 83.8 Å². The summed E-state index contributed by atoms with van der Waals surface area (Å²) in [4.78, 5) is 41.0. The summed E-state index contributed by atoms with van der Waals surface area (Å²) < 4.78 is 7.43. The second-order valence-electron chi connectivity index (χ2n) is 10.2. The van der Waals surface area contributed by atoms with Crippen molar-refractivity contribution in [3.8, 4) is 0 Å². The molecule has 6 rings (SSSR count). The highest BCUT2D eigenvalue weighted by atomic mass is 16.6. The van der Waals surface area contributed by atoms with Gasteiger partial charge in [0, 0.05) is 44.1 Å². The Kier molecular flexibility index (Phi) is 6.87. The van der Waals surface area contributed by atoms with Crippen molar-refractivity contribution in [3.05, 3.63) is 89.9 Å². The van der Waals surface area contributed by atoms with Gasteiger partial charge in [-0.2, -0.15) is 0 Å². The fourth-order valence-corrected chi connectivity index (χ4v) is 5.62. The highest BCUT2D eigenvalue weighted by molar-refractivity contribution is 5.79. The zero-order valence-electron chi connectivity index (χ0n) is 22.1. The maximum atomic E-state index is 13.3. The number of anilines is 1. The first-order valence-corrected chi connectivity index (χ1v) is 13.4. The van der Waals surface area contributed by atoms with Gasteiger partial charge in [0.2, 0.25) is 5.91 Å². The molecule has 2 amide bonds. The zero-order valence-corrected chi connectivity index (χ0v) is 22.1. The summed E-state index contributed by atoms with van der Waals surface area (Å²) >= 11 is 0. The van der Waals surface area contributed by atoms with Crippen molar-refractivity contribution >= 4 is 28.9 Å². The molecule has 1 saturated heterocycles. The number of piperazine rings is 1. The third-order valence-corrected chi connectivity index (χ3v) is 7.68. The van der Waals surface area contributed by atoms with Crippen molar-refractivity contribution in [2.75, 3.05) is 31.1 Å². The lowest BCUT2D eigenvalue weighted by molar-refractivity contribution is -0.134. The Morgan fingerprint density at radius 2 is 1.85 bits per heavy atom. The average Bonchev–Trinajstić information content (AvgIpc) is 3.38. The summed E-state index contributed by atoms with van der Waals surface area (Å²) in [6, 6.07) is 19.9. The molecule has 0 bridgehead atoms. The molecule has 2 aromatic carbocycles. The molecule has 0 N–H and O–H groups in total. The molecule has 4 heterocycles. The number of pyridine rings is 1. The molecule has 4 aromatic rings. The Morgan fingerprint density at radius 3 is 2.69 bits per heavy atom. The van der Waals surface area contributed by atoms with Crippen LogP contribution in [0.2, 0.25) is 0 Å². The van der Waals surface area contributed by atoms with Gasteiger partial charge in [-0.05, 0) is 48.2 Å². The molecule has 0 spiro atoms. The fourth-order valence-electron chi connectivity index (χ4n) is 5.62. The van der Waals surface area contributed by atoms with Gasteiger partial charge in [0.05, 0.1) is 12.9 Å². The minimum absolute atomic E-state index is 0.0420. The van der Waals surface area contributed by atoms with E-state index in [0.717, 1.165) is 41.9 Å². The van der Waals surface area contributed by atoms with E-state index in [2.05, 4.69) is 40.0 Å². The van der Waals surface area contributed by atoms with E-state index in [1.807, 2.05) is 51.9 Å². The summed E-state index contributed by atoms with van der Waals surface area (Å²) in [6.45, 7) is 5.83. The third kappa shape index (κ3) is 5.16. The molecular weight excluding hydrogens is 492 g/mol. The highest BCUT2D eigenvalue weighted by Crippen LogP contribution is 2.31. The van der Waals surface area contributed by atoms with E-state index in [9.17, 15) is 9.59 Å². The Morgan fingerprint density at radius 1 is 0.974 bits per heavy atom. The summed E-state index contributed by atoms with van der Waals surface area (Å²) in [7, 11) is 0. The van der Waals surface area contributed by atoms with Gasteiger partial charge in [-0.25, -0.2) is 14.8 Å². The number of hydrogen-bond acceptors (Lipinski definition) is 6. The van der Waals surface area contributed by atoms with Gasteiger partial charge < -0.3 is 24.0 Å². The quantitative estimate of drug-likeness (QED) is 0.394. The molecular formula is C30H32N6O3. The Bertz CT molecular complexity index is 1490. The number of hydrogen-bond donors (Lipinski definition) is 0. The van der Waals surface area contributed by atoms with Crippen LogP contribution in [0.15, 0.2) is 73.2 Å². The number of benzene rings is 2. The molecule has 0 aliphatic carbocycles. The van der Waals surface area contributed by atoms with E-state index in [1.54, 1.807) is 17.4 Å². The molecule has 9 nitrogen and oxygen atoms in total. The van der Waals surface area contributed by atoms with Gasteiger partial charge in [0.1, 0.15) is 18.7 Å². The van der Waals surface area contributed by atoms with Gasteiger partial charge in [0.25, 0.3) is 0 Å². The standard InChI is InChI=1S/C30H32N6O3/c1-22-17-33(15-16-36(22)28(37)19-35-21-32-26-10-6-13-31-29(26)35)27-11-5-9-24-12-14-34(18-25(24)27)30(38)39-20-23-7-3-2-4-8-23/h2-11,13,21-22H,12,14-20H2,1H3/t22-/m1/s1. The fraction of sp³-hybridized carbons (Fsp3) is 0.333. The second kappa shape index (κ2) is 10.8. The minimum Gasteiger partial charge on any atom is -0.445 e. The van der Waals surface area contributed by atoms with E-state index in [1.165, 1.54) is 11.1 Å². The van der Waals surface area contributed by atoms with Crippen LogP contribution in [0.3, 0.4) is 0 Å². The van der Waals surface area contributed by atoms with Gasteiger partial charge >= 0.3 is 6.09 Å². The molecule has 2 aliphatic rings. The molecule has 2 aliphatic heterocycles. The molecule has 0 saturated carbocycles. The Balaban J connectivity index is 1.11. The first kappa shape index (κ1) is 24.9. The van der Waals surface area contributed by atoms with Gasteiger partial charge in [-0.1, -0.05) is 42.5 Å². The summed E-state index contributed by atoms with van der Waals surface area (Å²) in [5.74, 6) is 0.0644. The number of fused-ring (bicyclic) bond motifs is 2. The van der Waals surface area contributed by atoms with Crippen LogP contribution in [0.25, 0.3) is 11.2 Å². The SMILES string of the molecule is C[C@@H]1CN(c2cccc3c2CN(C(=O)OCc2ccccc2)CC3)CCN1C(=O)Cn1cnc2cccnc21. The van der Waals surface area contributed by atoms with Crippen LogP contribution in [-0.2, 0) is 35.6 Å². The van der Waals surface area contributed by atoms with Crippen molar-refractivity contribution in [1.29, 1.82) is 0 Å². The summed E-state index contributed by atoms with van der Waals surface area (Å²) in [5.41, 5.74) is 6.06. The number of aromatic nitrogens is 3. The minimum atomic E-state index is -0.287. The zero-order chi connectivity index (χ0) is 26.8. The van der Waals surface area contributed by atoms with Gasteiger partial charge in [-0.3, -0.25) is 4.79 Å². The van der Waals surface area contributed by atoms with Crippen LogP contribution < -0.4 is 4.90 Å². The average molecular weight is 525 g/mol. The number of rotatable bonds is 5. The number of carbonyl (C=O) groups excluding carboxylic acids is 2. The lowest BCUT2D eigenvalue weighted by Gasteiger charge is -2.42. The van der Waals surface area contributed by atoms with E-state index in [0.29, 0.717) is 19.6 Å². The van der Waals surface area contributed by atoms with Crippen LogP contribution in [0.1, 0.15) is 23.6 Å². The number of ether oxygens (including phenoxy) is 1. The lowest BCUT2D eigenvalue weighted by Crippen LogP contribution is -2.55.